The summed E-state index contributed by atoms with van der Waals surface area (Å²) in [5, 5.41) is 14.0. The molecule has 3 aromatic rings. The molecular weight excluding hydrogens is 334 g/mol. The number of aryl methyl sites for hydroxylation is 1. The third kappa shape index (κ3) is 2.67. The molecule has 0 spiro atoms. The van der Waals surface area contributed by atoms with Crippen LogP contribution in [0.15, 0.2) is 45.7 Å². The van der Waals surface area contributed by atoms with Gasteiger partial charge in [-0.1, -0.05) is 28.0 Å². The third-order valence-corrected chi connectivity index (χ3v) is 3.63. The maximum Gasteiger partial charge on any atom is 0.261 e. The molecule has 0 atom stereocenters. The Kier molecular flexibility index (Phi) is 3.70. The number of halogens is 1. The topological polar surface area (TPSA) is 72.0 Å². The fourth-order valence-electron chi connectivity index (χ4n) is 2.05. The van der Waals surface area contributed by atoms with Crippen molar-refractivity contribution >= 4 is 15.9 Å². The SMILES string of the molecule is CCc1cnccc1-c1noc(-c2ccc(Br)cc2O)n1. The number of phenols is 1. The highest BCUT2D eigenvalue weighted by atomic mass is 79.9. The van der Waals surface area contributed by atoms with Gasteiger partial charge in [-0.05, 0) is 36.2 Å². The van der Waals surface area contributed by atoms with Crippen molar-refractivity contribution in [2.45, 2.75) is 13.3 Å². The maximum atomic E-state index is 9.96. The zero-order valence-electron chi connectivity index (χ0n) is 11.2. The second kappa shape index (κ2) is 5.65. The fourth-order valence-corrected chi connectivity index (χ4v) is 2.40. The van der Waals surface area contributed by atoms with E-state index >= 15 is 0 Å². The molecule has 2 aromatic heterocycles. The predicted molar refractivity (Wildman–Crippen MR) is 81.7 cm³/mol. The molecule has 5 nitrogen and oxygen atoms in total. The summed E-state index contributed by atoms with van der Waals surface area (Å²) in [6.45, 7) is 2.04. The van der Waals surface area contributed by atoms with E-state index < -0.39 is 0 Å². The molecule has 2 heterocycles. The van der Waals surface area contributed by atoms with Crippen LogP contribution >= 0.6 is 15.9 Å². The average molecular weight is 346 g/mol. The second-order valence-corrected chi connectivity index (χ2v) is 5.39. The Labute approximate surface area is 129 Å². The summed E-state index contributed by atoms with van der Waals surface area (Å²) in [6.07, 6.45) is 4.32. The van der Waals surface area contributed by atoms with Gasteiger partial charge in [0.25, 0.3) is 5.89 Å². The molecule has 1 aromatic carbocycles. The summed E-state index contributed by atoms with van der Waals surface area (Å²) in [5.74, 6) is 0.866. The molecule has 0 fully saturated rings. The van der Waals surface area contributed by atoms with Crippen LogP contribution < -0.4 is 0 Å². The number of pyridine rings is 1. The number of hydrogen-bond donors (Lipinski definition) is 1. The van der Waals surface area contributed by atoms with Crippen molar-refractivity contribution in [1.29, 1.82) is 0 Å². The van der Waals surface area contributed by atoms with Gasteiger partial charge >= 0.3 is 0 Å². The maximum absolute atomic E-state index is 9.96. The van der Waals surface area contributed by atoms with Gasteiger partial charge in [0.05, 0.1) is 5.56 Å². The summed E-state index contributed by atoms with van der Waals surface area (Å²) in [7, 11) is 0. The Hall–Kier alpha value is -2.21. The van der Waals surface area contributed by atoms with Crippen LogP contribution in [0.4, 0.5) is 0 Å². The summed E-state index contributed by atoms with van der Waals surface area (Å²) in [5.41, 5.74) is 2.44. The number of hydrogen-bond acceptors (Lipinski definition) is 5. The van der Waals surface area contributed by atoms with E-state index in [1.807, 2.05) is 19.1 Å². The molecule has 21 heavy (non-hydrogen) atoms. The lowest BCUT2D eigenvalue weighted by Crippen LogP contribution is -1.90. The first kappa shape index (κ1) is 13.8. The molecular formula is C15H12BrN3O2. The lowest BCUT2D eigenvalue weighted by molar-refractivity contribution is 0.425. The summed E-state index contributed by atoms with van der Waals surface area (Å²) >= 11 is 3.30. The minimum Gasteiger partial charge on any atom is -0.507 e. The molecule has 0 amide bonds. The van der Waals surface area contributed by atoms with Gasteiger partial charge in [0, 0.05) is 22.4 Å². The number of benzene rings is 1. The van der Waals surface area contributed by atoms with Crippen LogP contribution in [-0.4, -0.2) is 20.2 Å². The lowest BCUT2D eigenvalue weighted by Gasteiger charge is -2.01. The summed E-state index contributed by atoms with van der Waals surface area (Å²) in [4.78, 5) is 8.47. The van der Waals surface area contributed by atoms with Crippen molar-refractivity contribution in [3.8, 4) is 28.6 Å². The Morgan fingerprint density at radius 2 is 2.10 bits per heavy atom. The minimum atomic E-state index is 0.0880. The van der Waals surface area contributed by atoms with Crippen LogP contribution in [0.1, 0.15) is 12.5 Å². The largest absolute Gasteiger partial charge is 0.507 e. The van der Waals surface area contributed by atoms with Gasteiger partial charge in [-0.3, -0.25) is 4.98 Å². The smallest absolute Gasteiger partial charge is 0.261 e. The van der Waals surface area contributed by atoms with Crippen LogP contribution in [0.3, 0.4) is 0 Å². The molecule has 106 valence electrons. The van der Waals surface area contributed by atoms with Crippen LogP contribution in [0.25, 0.3) is 22.8 Å². The zero-order valence-corrected chi connectivity index (χ0v) is 12.8. The minimum absolute atomic E-state index is 0.0880. The molecule has 0 aliphatic carbocycles. The van der Waals surface area contributed by atoms with Gasteiger partial charge in [-0.25, -0.2) is 0 Å². The number of phenolic OH excluding ortho intramolecular Hbond substituents is 1. The molecule has 0 saturated heterocycles. The van der Waals surface area contributed by atoms with Crippen LogP contribution in [0.2, 0.25) is 0 Å². The molecule has 0 aliphatic rings. The highest BCUT2D eigenvalue weighted by Gasteiger charge is 2.15. The Balaban J connectivity index is 2.04. The highest BCUT2D eigenvalue weighted by molar-refractivity contribution is 9.10. The van der Waals surface area contributed by atoms with E-state index in [0.29, 0.717) is 11.4 Å². The number of aromatic nitrogens is 3. The Bertz CT molecular complexity index is 786. The van der Waals surface area contributed by atoms with Gasteiger partial charge in [-0.2, -0.15) is 4.98 Å². The molecule has 3 rings (SSSR count). The molecule has 0 saturated carbocycles. The van der Waals surface area contributed by atoms with Gasteiger partial charge in [0.1, 0.15) is 5.75 Å². The van der Waals surface area contributed by atoms with E-state index in [0.717, 1.165) is 22.0 Å². The van der Waals surface area contributed by atoms with Crippen LogP contribution in [0.5, 0.6) is 5.75 Å². The molecule has 6 heteroatoms. The van der Waals surface area contributed by atoms with Gasteiger partial charge in [-0.15, -0.1) is 0 Å². The van der Waals surface area contributed by atoms with Crippen molar-refractivity contribution in [1.82, 2.24) is 15.1 Å². The van der Waals surface area contributed by atoms with E-state index in [-0.39, 0.29) is 11.6 Å². The predicted octanol–water partition coefficient (Wildman–Crippen LogP) is 3.83. The van der Waals surface area contributed by atoms with Crippen molar-refractivity contribution in [2.24, 2.45) is 0 Å². The van der Waals surface area contributed by atoms with E-state index in [2.05, 4.69) is 31.1 Å². The first-order valence-electron chi connectivity index (χ1n) is 6.45. The highest BCUT2D eigenvalue weighted by Crippen LogP contribution is 2.32. The molecule has 0 bridgehead atoms. The third-order valence-electron chi connectivity index (χ3n) is 3.14. The Morgan fingerprint density at radius 1 is 1.24 bits per heavy atom. The first-order valence-corrected chi connectivity index (χ1v) is 7.24. The first-order chi connectivity index (χ1) is 10.2. The van der Waals surface area contributed by atoms with E-state index in [1.165, 1.54) is 0 Å². The lowest BCUT2D eigenvalue weighted by atomic mass is 10.1. The van der Waals surface area contributed by atoms with Crippen molar-refractivity contribution in [3.05, 3.63) is 46.7 Å². The quantitative estimate of drug-likeness (QED) is 0.780. The van der Waals surface area contributed by atoms with Crippen molar-refractivity contribution in [2.75, 3.05) is 0 Å². The number of rotatable bonds is 3. The molecule has 0 unspecified atom stereocenters. The van der Waals surface area contributed by atoms with Crippen LogP contribution in [0, 0.1) is 0 Å². The van der Waals surface area contributed by atoms with Crippen LogP contribution in [-0.2, 0) is 6.42 Å². The monoisotopic (exact) mass is 345 g/mol. The van der Waals surface area contributed by atoms with Crippen molar-refractivity contribution < 1.29 is 9.63 Å². The van der Waals surface area contributed by atoms with E-state index in [9.17, 15) is 5.11 Å². The van der Waals surface area contributed by atoms with E-state index in [4.69, 9.17) is 4.52 Å². The van der Waals surface area contributed by atoms with E-state index in [1.54, 1.807) is 24.5 Å². The molecule has 1 N–H and O–H groups in total. The Morgan fingerprint density at radius 3 is 2.86 bits per heavy atom. The fraction of sp³-hybridized carbons (Fsp3) is 0.133. The summed E-state index contributed by atoms with van der Waals surface area (Å²) < 4.78 is 6.05. The number of nitrogens with zero attached hydrogens (tertiary/aromatic N) is 3. The zero-order chi connectivity index (χ0) is 14.8. The summed E-state index contributed by atoms with van der Waals surface area (Å²) in [6, 6.07) is 6.98. The second-order valence-electron chi connectivity index (χ2n) is 4.47. The number of aromatic hydroxyl groups is 1. The van der Waals surface area contributed by atoms with Gasteiger partial charge in [0.15, 0.2) is 0 Å². The van der Waals surface area contributed by atoms with Gasteiger partial charge in [0.2, 0.25) is 5.82 Å². The van der Waals surface area contributed by atoms with Gasteiger partial charge < -0.3 is 9.63 Å². The standard InChI is InChI=1S/C15H12BrN3O2/c1-2-9-8-17-6-5-11(9)14-18-15(21-19-14)12-4-3-10(16)7-13(12)20/h3-8,20H,2H2,1H3. The molecule has 0 aliphatic heterocycles. The normalized spacial score (nSPS) is 10.8. The molecule has 0 radical (unpaired) electrons. The average Bonchev–Trinajstić information content (AvgIpc) is 2.96. The van der Waals surface area contributed by atoms with Crippen molar-refractivity contribution in [3.63, 3.8) is 0 Å².